The number of nitrogens with zero attached hydrogens (tertiary/aromatic N) is 1. The van der Waals surface area contributed by atoms with Gasteiger partial charge in [-0.2, -0.15) is 0 Å². The Morgan fingerprint density at radius 2 is 1.83 bits per heavy atom. The first kappa shape index (κ1) is 20.6. The molecular weight excluding hydrogens is 403 g/mol. The third-order valence-electron chi connectivity index (χ3n) is 5.62. The number of hydrogen-bond acceptors (Lipinski definition) is 3. The minimum absolute atomic E-state index is 0.0620. The number of hydrogen-bond donors (Lipinski definition) is 1. The van der Waals surface area contributed by atoms with Crippen LogP contribution in [0.1, 0.15) is 37.7 Å². The molecule has 0 unspecified atom stereocenters. The zero-order valence-corrected chi connectivity index (χ0v) is 17.5. The van der Waals surface area contributed by atoms with Gasteiger partial charge in [0.05, 0.1) is 10.6 Å². The Morgan fingerprint density at radius 1 is 1.07 bits per heavy atom. The number of fused-ring (bicyclic) bond motifs is 1. The van der Waals surface area contributed by atoms with Gasteiger partial charge in [-0.1, -0.05) is 49.6 Å². The molecule has 1 heterocycles. The van der Waals surface area contributed by atoms with Crippen molar-refractivity contribution in [2.45, 2.75) is 55.3 Å². The van der Waals surface area contributed by atoms with Gasteiger partial charge in [-0.3, -0.25) is 4.79 Å². The third-order valence-corrected chi connectivity index (χ3v) is 7.33. The van der Waals surface area contributed by atoms with Crippen LogP contribution in [0.4, 0.5) is 4.39 Å². The number of carbonyl (C=O) groups is 1. The summed E-state index contributed by atoms with van der Waals surface area (Å²) in [5.74, 6) is -0.881. The first-order valence-corrected chi connectivity index (χ1v) is 11.9. The number of sulfone groups is 1. The quantitative estimate of drug-likeness (QED) is 0.640. The minimum atomic E-state index is -3.72. The van der Waals surface area contributed by atoms with E-state index in [-0.39, 0.29) is 29.1 Å². The van der Waals surface area contributed by atoms with Crippen molar-refractivity contribution in [3.63, 3.8) is 0 Å². The maximum absolute atomic E-state index is 13.5. The lowest BCUT2D eigenvalue weighted by Gasteiger charge is -2.22. The molecule has 1 N–H and O–H groups in total. The van der Waals surface area contributed by atoms with Crippen LogP contribution in [0.15, 0.2) is 59.6 Å². The largest absolute Gasteiger partial charge is 0.352 e. The molecule has 0 bridgehead atoms. The predicted molar refractivity (Wildman–Crippen MR) is 114 cm³/mol. The van der Waals surface area contributed by atoms with Gasteiger partial charge in [0.25, 0.3) is 0 Å². The summed E-state index contributed by atoms with van der Waals surface area (Å²) in [5, 5.41) is 3.64. The lowest BCUT2D eigenvalue weighted by atomic mass is 9.95. The highest BCUT2D eigenvalue weighted by molar-refractivity contribution is 7.90. The van der Waals surface area contributed by atoms with Gasteiger partial charge in [0.15, 0.2) is 9.84 Å². The van der Waals surface area contributed by atoms with Gasteiger partial charge in [-0.15, -0.1) is 0 Å². The van der Waals surface area contributed by atoms with E-state index in [4.69, 9.17) is 0 Å². The lowest BCUT2D eigenvalue weighted by Crippen LogP contribution is -2.38. The van der Waals surface area contributed by atoms with Crippen LogP contribution in [-0.2, 0) is 26.9 Å². The zero-order chi connectivity index (χ0) is 21.1. The molecule has 1 aliphatic rings. The van der Waals surface area contributed by atoms with E-state index in [0.29, 0.717) is 16.5 Å². The summed E-state index contributed by atoms with van der Waals surface area (Å²) in [6, 6.07) is 13.0. The molecule has 0 spiro atoms. The Morgan fingerprint density at radius 3 is 2.60 bits per heavy atom. The number of rotatable bonds is 6. The number of nitrogens with one attached hydrogen (secondary N) is 1. The van der Waals surface area contributed by atoms with Crippen LogP contribution >= 0.6 is 0 Å². The number of para-hydroxylation sites is 1. The number of aromatic nitrogens is 1. The number of carbonyl (C=O) groups excluding carboxylic acids is 1. The standard InChI is InChI=1S/C23H25FN2O3S/c24-18-8-6-7-17(13-18)16-30(28,29)22-14-26(21-12-5-4-11-20(21)22)15-23(27)25-19-9-2-1-3-10-19/h4-8,11-14,19H,1-3,9-10,15-16H2,(H,25,27). The zero-order valence-electron chi connectivity index (χ0n) is 16.7. The monoisotopic (exact) mass is 428 g/mol. The van der Waals surface area contributed by atoms with Gasteiger partial charge in [0, 0.05) is 23.1 Å². The molecule has 158 valence electrons. The van der Waals surface area contributed by atoms with Gasteiger partial charge in [-0.05, 0) is 36.6 Å². The van der Waals surface area contributed by atoms with E-state index in [1.807, 2.05) is 12.1 Å². The molecule has 1 fully saturated rings. The number of amides is 1. The van der Waals surface area contributed by atoms with Crippen LogP contribution in [0.3, 0.4) is 0 Å². The summed E-state index contributed by atoms with van der Waals surface area (Å²) in [6.07, 6.45) is 6.97. The van der Waals surface area contributed by atoms with Crippen LogP contribution in [0.2, 0.25) is 0 Å². The van der Waals surface area contributed by atoms with Crippen molar-refractivity contribution in [2.24, 2.45) is 0 Å². The molecule has 30 heavy (non-hydrogen) atoms. The molecule has 3 aromatic rings. The fourth-order valence-corrected chi connectivity index (χ4v) is 5.76. The highest BCUT2D eigenvalue weighted by Crippen LogP contribution is 2.28. The molecular formula is C23H25FN2O3S. The molecule has 5 nitrogen and oxygen atoms in total. The van der Waals surface area contributed by atoms with Crippen LogP contribution < -0.4 is 5.32 Å². The summed E-state index contributed by atoms with van der Waals surface area (Å²) < 4.78 is 41.4. The van der Waals surface area contributed by atoms with Crippen molar-refractivity contribution in [1.29, 1.82) is 0 Å². The second kappa shape index (κ2) is 8.60. The van der Waals surface area contributed by atoms with Gasteiger partial charge in [0.1, 0.15) is 12.4 Å². The first-order chi connectivity index (χ1) is 14.4. The van der Waals surface area contributed by atoms with E-state index in [1.54, 1.807) is 22.8 Å². The first-order valence-electron chi connectivity index (χ1n) is 10.3. The second-order valence-electron chi connectivity index (χ2n) is 7.93. The summed E-state index contributed by atoms with van der Waals surface area (Å²) in [5.41, 5.74) is 1.08. The molecule has 4 rings (SSSR count). The van der Waals surface area contributed by atoms with Crippen LogP contribution in [0, 0.1) is 5.82 Å². The van der Waals surface area contributed by atoms with Gasteiger partial charge >= 0.3 is 0 Å². The van der Waals surface area contributed by atoms with E-state index in [9.17, 15) is 17.6 Å². The summed E-state index contributed by atoms with van der Waals surface area (Å²) in [7, 11) is -3.72. The second-order valence-corrected chi connectivity index (χ2v) is 9.89. The Kier molecular flexibility index (Phi) is 5.90. The van der Waals surface area contributed by atoms with E-state index in [2.05, 4.69) is 5.32 Å². The molecule has 2 aromatic carbocycles. The highest BCUT2D eigenvalue weighted by Gasteiger charge is 2.23. The van der Waals surface area contributed by atoms with Crippen molar-refractivity contribution in [2.75, 3.05) is 0 Å². The van der Waals surface area contributed by atoms with Crippen molar-refractivity contribution < 1.29 is 17.6 Å². The molecule has 1 amide bonds. The summed E-state index contributed by atoms with van der Waals surface area (Å²) >= 11 is 0. The molecule has 0 radical (unpaired) electrons. The predicted octanol–water partition coefficient (Wildman–Crippen LogP) is 4.20. The smallest absolute Gasteiger partial charge is 0.240 e. The number of benzene rings is 2. The number of halogens is 1. The Bertz CT molecular complexity index is 1160. The van der Waals surface area contributed by atoms with E-state index >= 15 is 0 Å². The Labute approximate surface area is 175 Å². The van der Waals surface area contributed by atoms with E-state index in [1.165, 1.54) is 30.8 Å². The Balaban J connectivity index is 1.61. The third kappa shape index (κ3) is 4.56. The summed E-state index contributed by atoms with van der Waals surface area (Å²) in [6.45, 7) is 0.0620. The SMILES string of the molecule is O=C(Cn1cc(S(=O)(=O)Cc2cccc(F)c2)c2ccccc21)NC1CCCCC1. The highest BCUT2D eigenvalue weighted by atomic mass is 32.2. The maximum Gasteiger partial charge on any atom is 0.240 e. The van der Waals surface area contributed by atoms with Crippen molar-refractivity contribution in [1.82, 2.24) is 9.88 Å². The summed E-state index contributed by atoms with van der Waals surface area (Å²) in [4.78, 5) is 12.7. The molecule has 1 aromatic heterocycles. The van der Waals surface area contributed by atoms with Crippen LogP contribution in [0.25, 0.3) is 10.9 Å². The molecule has 0 atom stereocenters. The van der Waals surface area contributed by atoms with E-state index < -0.39 is 15.7 Å². The van der Waals surface area contributed by atoms with Crippen molar-refractivity contribution >= 4 is 26.6 Å². The fraction of sp³-hybridized carbons (Fsp3) is 0.348. The van der Waals surface area contributed by atoms with Crippen molar-refractivity contribution in [3.8, 4) is 0 Å². The normalized spacial score (nSPS) is 15.4. The van der Waals surface area contributed by atoms with Gasteiger partial charge in [-0.25, -0.2) is 12.8 Å². The topological polar surface area (TPSA) is 68.2 Å². The van der Waals surface area contributed by atoms with Crippen molar-refractivity contribution in [3.05, 3.63) is 66.1 Å². The molecule has 1 aliphatic carbocycles. The van der Waals surface area contributed by atoms with Crippen LogP contribution in [-0.4, -0.2) is 24.9 Å². The van der Waals surface area contributed by atoms with Gasteiger partial charge in [0.2, 0.25) is 5.91 Å². The van der Waals surface area contributed by atoms with Crippen LogP contribution in [0.5, 0.6) is 0 Å². The molecule has 0 aliphatic heterocycles. The molecule has 0 saturated heterocycles. The average molecular weight is 429 g/mol. The lowest BCUT2D eigenvalue weighted by molar-refractivity contribution is -0.122. The van der Waals surface area contributed by atoms with Gasteiger partial charge < -0.3 is 9.88 Å². The average Bonchev–Trinajstić information content (AvgIpc) is 3.08. The molecule has 7 heteroatoms. The molecule has 1 saturated carbocycles. The minimum Gasteiger partial charge on any atom is -0.352 e. The maximum atomic E-state index is 13.5. The van der Waals surface area contributed by atoms with E-state index in [0.717, 1.165) is 25.7 Å². The Hall–Kier alpha value is -2.67. The fourth-order valence-electron chi connectivity index (χ4n) is 4.19.